The van der Waals surface area contributed by atoms with Gasteiger partial charge in [0.05, 0.1) is 23.8 Å². The highest BCUT2D eigenvalue weighted by Crippen LogP contribution is 2.25. The molecule has 23 heavy (non-hydrogen) atoms. The first-order valence-corrected chi connectivity index (χ1v) is 9.08. The molecule has 0 radical (unpaired) electrons. The molecule has 1 aromatic rings. The average Bonchev–Trinajstić information content (AvgIpc) is 2.81. The summed E-state index contributed by atoms with van der Waals surface area (Å²) in [6.45, 7) is 3.13. The van der Waals surface area contributed by atoms with Gasteiger partial charge in [-0.2, -0.15) is 4.31 Å². The molecule has 2 aliphatic rings. The molecule has 0 bridgehead atoms. The third kappa shape index (κ3) is 2.97. The van der Waals surface area contributed by atoms with E-state index in [1.165, 1.54) is 21.3 Å². The second-order valence-electron chi connectivity index (χ2n) is 5.36. The highest BCUT2D eigenvalue weighted by molar-refractivity contribution is 7.89. The average molecular weight is 355 g/mol. The molecule has 0 aromatic heterocycles. The van der Waals surface area contributed by atoms with Crippen molar-refractivity contribution < 1.29 is 17.9 Å². The number of nitrogens with zero attached hydrogens (tertiary/aromatic N) is 2. The molecule has 1 N–H and O–H groups in total. The topological polar surface area (TPSA) is 79.0 Å². The Labute approximate surface area is 140 Å². The minimum Gasteiger partial charge on any atom is -0.379 e. The quantitative estimate of drug-likeness (QED) is 0.787. The van der Waals surface area contributed by atoms with E-state index in [-0.39, 0.29) is 15.9 Å². The number of hydrogen-bond acceptors (Lipinski definition) is 5. The van der Waals surface area contributed by atoms with Crippen molar-refractivity contribution >= 4 is 38.9 Å². The van der Waals surface area contributed by atoms with Crippen LogP contribution in [0.25, 0.3) is 0 Å². The van der Waals surface area contributed by atoms with Crippen LogP contribution >= 0.6 is 12.2 Å². The summed E-state index contributed by atoms with van der Waals surface area (Å²) in [6.07, 6.45) is 0. The number of carbonyl (C=O) groups excluding carboxylic acids is 1. The number of anilines is 1. The number of benzene rings is 1. The number of morpholine rings is 1. The first-order valence-electron chi connectivity index (χ1n) is 7.23. The monoisotopic (exact) mass is 355 g/mol. The van der Waals surface area contributed by atoms with Crippen LogP contribution in [0.2, 0.25) is 0 Å². The maximum absolute atomic E-state index is 12.7. The van der Waals surface area contributed by atoms with Gasteiger partial charge in [0.1, 0.15) is 6.04 Å². The maximum atomic E-state index is 12.7. The van der Waals surface area contributed by atoms with E-state index in [0.717, 1.165) is 0 Å². The molecule has 9 heteroatoms. The van der Waals surface area contributed by atoms with Gasteiger partial charge in [0.2, 0.25) is 10.0 Å². The van der Waals surface area contributed by atoms with Crippen LogP contribution in [-0.2, 0) is 19.6 Å². The molecule has 0 saturated carbocycles. The van der Waals surface area contributed by atoms with Gasteiger partial charge in [-0.05, 0) is 37.3 Å². The third-order valence-corrected chi connectivity index (χ3v) is 6.01. The smallest absolute Gasteiger partial charge is 0.255 e. The van der Waals surface area contributed by atoms with Gasteiger partial charge in [-0.1, -0.05) is 6.07 Å². The van der Waals surface area contributed by atoms with Gasteiger partial charge in [0.25, 0.3) is 5.91 Å². The van der Waals surface area contributed by atoms with E-state index < -0.39 is 16.1 Å². The lowest BCUT2D eigenvalue weighted by atomic mass is 10.2. The Morgan fingerprint density at radius 1 is 1.30 bits per heavy atom. The highest BCUT2D eigenvalue weighted by atomic mass is 32.2. The predicted molar refractivity (Wildman–Crippen MR) is 88.7 cm³/mol. The first kappa shape index (κ1) is 16.3. The van der Waals surface area contributed by atoms with Crippen LogP contribution in [0.3, 0.4) is 0 Å². The van der Waals surface area contributed by atoms with Crippen LogP contribution in [-0.4, -0.2) is 56.1 Å². The number of nitrogens with one attached hydrogen (secondary N) is 1. The number of thiocarbonyl (C=S) groups is 1. The molecular formula is C14H17N3O4S2. The molecule has 2 aliphatic heterocycles. The molecule has 2 fully saturated rings. The molecule has 2 heterocycles. The fraction of sp³-hybridized carbons (Fsp3) is 0.429. The zero-order valence-electron chi connectivity index (χ0n) is 12.6. The zero-order chi connectivity index (χ0) is 16.6. The number of carbonyl (C=O) groups is 1. The number of sulfonamides is 1. The number of rotatable bonds is 3. The summed E-state index contributed by atoms with van der Waals surface area (Å²) < 4.78 is 32.0. The summed E-state index contributed by atoms with van der Waals surface area (Å²) in [4.78, 5) is 13.7. The van der Waals surface area contributed by atoms with Crippen molar-refractivity contribution in [2.24, 2.45) is 0 Å². The molecular weight excluding hydrogens is 338 g/mol. The molecule has 7 nitrogen and oxygen atoms in total. The van der Waals surface area contributed by atoms with Crippen molar-refractivity contribution in [1.29, 1.82) is 0 Å². The third-order valence-electron chi connectivity index (χ3n) is 3.82. The summed E-state index contributed by atoms with van der Waals surface area (Å²) in [7, 11) is -3.61. The minimum absolute atomic E-state index is 0.145. The number of ether oxygens (including phenoxy) is 1. The van der Waals surface area contributed by atoms with E-state index in [0.29, 0.717) is 32.0 Å². The number of amides is 1. The Morgan fingerprint density at radius 3 is 2.61 bits per heavy atom. The molecule has 124 valence electrons. The Morgan fingerprint density at radius 2 is 2.00 bits per heavy atom. The van der Waals surface area contributed by atoms with Gasteiger partial charge in [-0.25, -0.2) is 8.42 Å². The molecule has 2 saturated heterocycles. The summed E-state index contributed by atoms with van der Waals surface area (Å²) in [5, 5.41) is 3.15. The van der Waals surface area contributed by atoms with E-state index in [4.69, 9.17) is 17.0 Å². The lowest BCUT2D eigenvalue weighted by Crippen LogP contribution is -2.40. The second kappa shape index (κ2) is 6.16. The molecule has 0 spiro atoms. The van der Waals surface area contributed by atoms with Crippen molar-refractivity contribution in [3.63, 3.8) is 0 Å². The van der Waals surface area contributed by atoms with Gasteiger partial charge in [0.15, 0.2) is 5.11 Å². The van der Waals surface area contributed by atoms with Crippen LogP contribution in [0.1, 0.15) is 6.92 Å². The van der Waals surface area contributed by atoms with Gasteiger partial charge < -0.3 is 10.1 Å². The van der Waals surface area contributed by atoms with E-state index in [9.17, 15) is 13.2 Å². The highest BCUT2D eigenvalue weighted by Gasteiger charge is 2.34. The zero-order valence-corrected chi connectivity index (χ0v) is 14.2. The molecule has 1 aromatic carbocycles. The largest absolute Gasteiger partial charge is 0.379 e. The fourth-order valence-electron chi connectivity index (χ4n) is 2.57. The SMILES string of the molecule is C[C@H]1NC(=S)N(c2cccc(S(=O)(=O)N3CCOCC3)c2)C1=O. The minimum atomic E-state index is -3.61. The molecule has 0 unspecified atom stereocenters. The van der Waals surface area contributed by atoms with E-state index in [2.05, 4.69) is 5.32 Å². The van der Waals surface area contributed by atoms with Crippen LogP contribution in [0, 0.1) is 0 Å². The predicted octanol–water partition coefficient (Wildman–Crippen LogP) is 0.317. The van der Waals surface area contributed by atoms with Crippen molar-refractivity contribution in [2.75, 3.05) is 31.2 Å². The van der Waals surface area contributed by atoms with Gasteiger partial charge in [-0.15, -0.1) is 0 Å². The van der Waals surface area contributed by atoms with Gasteiger partial charge in [-0.3, -0.25) is 9.69 Å². The van der Waals surface area contributed by atoms with Crippen molar-refractivity contribution in [1.82, 2.24) is 9.62 Å². The summed E-state index contributed by atoms with van der Waals surface area (Å²) >= 11 is 5.16. The Kier molecular flexibility index (Phi) is 4.37. The second-order valence-corrected chi connectivity index (χ2v) is 7.68. The lowest BCUT2D eigenvalue weighted by Gasteiger charge is -2.26. The van der Waals surface area contributed by atoms with E-state index in [1.54, 1.807) is 19.1 Å². The van der Waals surface area contributed by atoms with Crippen LogP contribution in [0.4, 0.5) is 5.69 Å². The summed E-state index contributed by atoms with van der Waals surface area (Å²) in [5.41, 5.74) is 0.450. The molecule has 0 aliphatic carbocycles. The number of hydrogen-bond donors (Lipinski definition) is 1. The first-order chi connectivity index (χ1) is 10.9. The lowest BCUT2D eigenvalue weighted by molar-refractivity contribution is -0.117. The van der Waals surface area contributed by atoms with E-state index in [1.807, 2.05) is 0 Å². The van der Waals surface area contributed by atoms with Gasteiger partial charge >= 0.3 is 0 Å². The van der Waals surface area contributed by atoms with Crippen molar-refractivity contribution in [2.45, 2.75) is 17.9 Å². The summed E-state index contributed by atoms with van der Waals surface area (Å²) in [6, 6.07) is 5.87. The maximum Gasteiger partial charge on any atom is 0.255 e. The van der Waals surface area contributed by atoms with E-state index >= 15 is 0 Å². The van der Waals surface area contributed by atoms with Crippen molar-refractivity contribution in [3.05, 3.63) is 24.3 Å². The van der Waals surface area contributed by atoms with Crippen LogP contribution < -0.4 is 10.2 Å². The van der Waals surface area contributed by atoms with Crippen LogP contribution in [0.5, 0.6) is 0 Å². The van der Waals surface area contributed by atoms with Crippen LogP contribution in [0.15, 0.2) is 29.2 Å². The Hall–Kier alpha value is -1.55. The molecule has 1 amide bonds. The Bertz CT molecular complexity index is 744. The summed E-state index contributed by atoms with van der Waals surface area (Å²) in [5.74, 6) is -0.198. The standard InChI is InChI=1S/C14H17N3O4S2/c1-10-13(18)17(14(22)15-10)11-3-2-4-12(9-11)23(19,20)16-5-7-21-8-6-16/h2-4,9-10H,5-8H2,1H3,(H,15,22)/t10-/m1/s1. The fourth-order valence-corrected chi connectivity index (χ4v) is 4.39. The molecule has 1 atom stereocenters. The normalized spacial score (nSPS) is 23.2. The van der Waals surface area contributed by atoms with Crippen molar-refractivity contribution in [3.8, 4) is 0 Å². The molecule has 3 rings (SSSR count). The Balaban J connectivity index is 1.94. The van der Waals surface area contributed by atoms with Gasteiger partial charge in [0, 0.05) is 13.1 Å².